The highest BCUT2D eigenvalue weighted by Crippen LogP contribution is 2.48. The second-order valence-corrected chi connectivity index (χ2v) is 7.19. The topological polar surface area (TPSA) is 75.9 Å². The van der Waals surface area contributed by atoms with E-state index in [1.807, 2.05) is 17.9 Å². The van der Waals surface area contributed by atoms with Gasteiger partial charge in [0.2, 0.25) is 0 Å². The summed E-state index contributed by atoms with van der Waals surface area (Å²) in [6.07, 6.45) is 10.4. The maximum atomic E-state index is 12.2. The molecule has 1 aliphatic heterocycles. The molecule has 0 atom stereocenters. The summed E-state index contributed by atoms with van der Waals surface area (Å²) in [5, 5.41) is 14.8. The predicted octanol–water partition coefficient (Wildman–Crippen LogP) is 0.995. The van der Waals surface area contributed by atoms with Gasteiger partial charge in [0.1, 0.15) is 0 Å². The van der Waals surface area contributed by atoms with Gasteiger partial charge >= 0.3 is 0 Å². The minimum atomic E-state index is -0.0463. The molecule has 7 heteroatoms. The molecule has 2 aromatic heterocycles. The van der Waals surface area contributed by atoms with Crippen LogP contribution in [-0.4, -0.2) is 49.9 Å². The smallest absolute Gasteiger partial charge is 0.253 e. The fourth-order valence-electron chi connectivity index (χ4n) is 4.09. The molecule has 1 saturated heterocycles. The zero-order chi connectivity index (χ0) is 16.6. The van der Waals surface area contributed by atoms with Gasteiger partial charge < -0.3 is 5.32 Å². The van der Waals surface area contributed by atoms with E-state index >= 15 is 0 Å². The van der Waals surface area contributed by atoms with Gasteiger partial charge in [-0.15, -0.1) is 0 Å². The summed E-state index contributed by atoms with van der Waals surface area (Å²) >= 11 is 0. The number of carbonyl (C=O) groups excluding carboxylic acids is 1. The molecule has 2 aromatic rings. The van der Waals surface area contributed by atoms with Crippen LogP contribution in [0.1, 0.15) is 35.2 Å². The van der Waals surface area contributed by atoms with Gasteiger partial charge in [-0.2, -0.15) is 15.3 Å². The number of amides is 1. The lowest BCUT2D eigenvalue weighted by Crippen LogP contribution is -2.51. The molecule has 0 radical (unpaired) electrons. The summed E-state index contributed by atoms with van der Waals surface area (Å²) in [6, 6.07) is 1.98. The number of rotatable bonds is 4. The Morgan fingerprint density at radius 1 is 1.38 bits per heavy atom. The minimum absolute atomic E-state index is 0.0463. The van der Waals surface area contributed by atoms with E-state index < -0.39 is 0 Å². The lowest BCUT2D eigenvalue weighted by Gasteiger charge is -2.45. The molecule has 1 aliphatic carbocycles. The number of nitrogens with zero attached hydrogens (tertiary/aromatic N) is 5. The van der Waals surface area contributed by atoms with Crippen LogP contribution >= 0.6 is 0 Å². The van der Waals surface area contributed by atoms with Crippen molar-refractivity contribution in [2.24, 2.45) is 12.5 Å². The number of hydrogen-bond donors (Lipinski definition) is 1. The summed E-state index contributed by atoms with van der Waals surface area (Å²) in [5.74, 6) is -0.0463. The fraction of sp³-hybridized carbons (Fsp3) is 0.529. The fourth-order valence-corrected chi connectivity index (χ4v) is 4.09. The average Bonchev–Trinajstić information content (AvgIpc) is 3.15. The Labute approximate surface area is 141 Å². The van der Waals surface area contributed by atoms with Crippen LogP contribution in [0, 0.1) is 5.41 Å². The van der Waals surface area contributed by atoms with E-state index in [0.717, 1.165) is 32.5 Å². The highest BCUT2D eigenvalue weighted by molar-refractivity contribution is 5.94. The minimum Gasteiger partial charge on any atom is -0.349 e. The molecule has 3 heterocycles. The van der Waals surface area contributed by atoms with Gasteiger partial charge in [0, 0.05) is 37.9 Å². The third-order valence-corrected chi connectivity index (χ3v) is 5.22. The first-order chi connectivity index (χ1) is 11.6. The Morgan fingerprint density at radius 2 is 2.25 bits per heavy atom. The number of aromatic nitrogens is 4. The average molecular weight is 326 g/mol. The van der Waals surface area contributed by atoms with Gasteiger partial charge in [0.15, 0.2) is 0 Å². The first-order valence-corrected chi connectivity index (χ1v) is 8.39. The molecule has 1 spiro atoms. The van der Waals surface area contributed by atoms with E-state index in [0.29, 0.717) is 11.0 Å². The zero-order valence-corrected chi connectivity index (χ0v) is 13.9. The van der Waals surface area contributed by atoms with Gasteiger partial charge in [-0.1, -0.05) is 0 Å². The standard InChI is InChI=1S/C17H22N6O/c1-22-10-13(8-20-22)11-23-5-3-17(12-23)6-15(7-17)21-16(24)14-2-4-18-19-9-14/h2,4,8-10,15H,3,5-7,11-12H2,1H3,(H,21,24). The highest BCUT2D eigenvalue weighted by atomic mass is 16.1. The van der Waals surface area contributed by atoms with Crippen LogP contribution in [0.3, 0.4) is 0 Å². The Kier molecular flexibility index (Phi) is 3.80. The molecule has 7 nitrogen and oxygen atoms in total. The first kappa shape index (κ1) is 15.3. The van der Waals surface area contributed by atoms with Crippen LogP contribution in [0.2, 0.25) is 0 Å². The molecule has 126 valence electrons. The van der Waals surface area contributed by atoms with Crippen LogP contribution in [-0.2, 0) is 13.6 Å². The van der Waals surface area contributed by atoms with Gasteiger partial charge in [0.05, 0.1) is 24.2 Å². The summed E-state index contributed by atoms with van der Waals surface area (Å²) in [6.45, 7) is 3.21. The molecule has 0 unspecified atom stereocenters. The van der Waals surface area contributed by atoms with Crippen molar-refractivity contribution < 1.29 is 4.79 Å². The third-order valence-electron chi connectivity index (χ3n) is 5.22. The van der Waals surface area contributed by atoms with Crippen molar-refractivity contribution in [3.63, 3.8) is 0 Å². The number of likely N-dealkylation sites (tertiary alicyclic amines) is 1. The second kappa shape index (κ2) is 5.98. The van der Waals surface area contributed by atoms with Gasteiger partial charge in [-0.05, 0) is 37.3 Å². The van der Waals surface area contributed by atoms with Crippen molar-refractivity contribution in [1.82, 2.24) is 30.2 Å². The normalized spacial score (nSPS) is 26.5. The lowest BCUT2D eigenvalue weighted by molar-refractivity contribution is 0.0694. The molecule has 4 rings (SSSR count). The molecule has 24 heavy (non-hydrogen) atoms. The van der Waals surface area contributed by atoms with Crippen molar-refractivity contribution >= 4 is 5.91 Å². The molecule has 1 N–H and O–H groups in total. The number of carbonyl (C=O) groups is 1. The summed E-state index contributed by atoms with van der Waals surface area (Å²) in [5.41, 5.74) is 2.23. The van der Waals surface area contributed by atoms with Gasteiger partial charge in [0.25, 0.3) is 5.91 Å². The molecule has 1 amide bonds. The van der Waals surface area contributed by atoms with E-state index in [-0.39, 0.29) is 11.9 Å². The molecular weight excluding hydrogens is 304 g/mol. The largest absolute Gasteiger partial charge is 0.349 e. The molecule has 0 bridgehead atoms. The van der Waals surface area contributed by atoms with Crippen LogP contribution in [0.15, 0.2) is 30.9 Å². The van der Waals surface area contributed by atoms with E-state index in [1.54, 1.807) is 12.3 Å². The molecule has 2 aliphatic rings. The van der Waals surface area contributed by atoms with Crippen molar-refractivity contribution in [1.29, 1.82) is 0 Å². The zero-order valence-electron chi connectivity index (χ0n) is 13.9. The number of nitrogens with one attached hydrogen (secondary N) is 1. The van der Waals surface area contributed by atoms with E-state index in [2.05, 4.69) is 31.7 Å². The van der Waals surface area contributed by atoms with Crippen LogP contribution < -0.4 is 5.32 Å². The third kappa shape index (κ3) is 3.03. The highest BCUT2D eigenvalue weighted by Gasteiger charge is 2.48. The molecular formula is C17H22N6O. The monoisotopic (exact) mass is 326 g/mol. The summed E-state index contributed by atoms with van der Waals surface area (Å²) in [7, 11) is 1.95. The van der Waals surface area contributed by atoms with Gasteiger partial charge in [-0.3, -0.25) is 14.4 Å². The van der Waals surface area contributed by atoms with Gasteiger partial charge in [-0.25, -0.2) is 0 Å². The summed E-state index contributed by atoms with van der Waals surface area (Å²) in [4.78, 5) is 14.7. The Bertz CT molecular complexity index is 722. The second-order valence-electron chi connectivity index (χ2n) is 7.19. The Balaban J connectivity index is 1.27. The van der Waals surface area contributed by atoms with Crippen molar-refractivity contribution in [3.05, 3.63) is 42.0 Å². The van der Waals surface area contributed by atoms with E-state index in [4.69, 9.17) is 0 Å². The maximum absolute atomic E-state index is 12.2. The van der Waals surface area contributed by atoms with Crippen LogP contribution in [0.5, 0.6) is 0 Å². The first-order valence-electron chi connectivity index (χ1n) is 8.39. The van der Waals surface area contributed by atoms with Crippen molar-refractivity contribution in [2.45, 2.75) is 31.8 Å². The quantitative estimate of drug-likeness (QED) is 0.907. The number of aryl methyl sites for hydroxylation is 1. The van der Waals surface area contributed by atoms with Crippen LogP contribution in [0.25, 0.3) is 0 Å². The number of hydrogen-bond acceptors (Lipinski definition) is 5. The van der Waals surface area contributed by atoms with Crippen LogP contribution in [0.4, 0.5) is 0 Å². The van der Waals surface area contributed by atoms with E-state index in [1.165, 1.54) is 18.2 Å². The van der Waals surface area contributed by atoms with Crippen molar-refractivity contribution in [2.75, 3.05) is 13.1 Å². The molecule has 1 saturated carbocycles. The summed E-state index contributed by atoms with van der Waals surface area (Å²) < 4.78 is 1.85. The maximum Gasteiger partial charge on any atom is 0.253 e. The Hall–Kier alpha value is -2.28. The molecule has 0 aromatic carbocycles. The Morgan fingerprint density at radius 3 is 2.96 bits per heavy atom. The predicted molar refractivity (Wildman–Crippen MR) is 88.1 cm³/mol. The van der Waals surface area contributed by atoms with E-state index in [9.17, 15) is 4.79 Å². The molecule has 2 fully saturated rings. The SMILES string of the molecule is Cn1cc(CN2CCC3(CC(NC(=O)c4ccnnc4)C3)C2)cn1. The van der Waals surface area contributed by atoms with Crippen molar-refractivity contribution in [3.8, 4) is 0 Å². The lowest BCUT2D eigenvalue weighted by atomic mass is 9.65.